The molecule has 2 atom stereocenters. The molecule has 5 heterocycles. The first kappa shape index (κ1) is 15.8. The second kappa shape index (κ2) is 5.81. The van der Waals surface area contributed by atoms with Crippen molar-refractivity contribution >= 4 is 26.7 Å². The number of aromatic nitrogens is 1. The zero-order chi connectivity index (χ0) is 17.0. The van der Waals surface area contributed by atoms with Gasteiger partial charge in [0.2, 0.25) is 0 Å². The molecule has 134 valence electrons. The van der Waals surface area contributed by atoms with E-state index < -0.39 is 6.35 Å². The molecule has 4 fully saturated rings. The number of nitrogens with zero attached hydrogens (tertiary/aromatic N) is 3. The fourth-order valence-electron chi connectivity index (χ4n) is 4.61. The molecule has 2 unspecified atom stereocenters. The maximum absolute atomic E-state index is 6.37. The van der Waals surface area contributed by atoms with Crippen LogP contribution < -0.4 is 15.4 Å². The SMILES string of the molecule is CCOc1ccc2nc(N3CC4(CN5CCC4CC5)OC3N)sc2c1. The molecule has 2 bridgehead atoms. The number of benzene rings is 1. The lowest BCUT2D eigenvalue weighted by Gasteiger charge is -2.50. The number of hydrogen-bond donors (Lipinski definition) is 1. The van der Waals surface area contributed by atoms with Crippen molar-refractivity contribution in [2.75, 3.05) is 37.7 Å². The minimum atomic E-state index is -0.410. The Hall–Kier alpha value is -1.41. The number of anilines is 1. The summed E-state index contributed by atoms with van der Waals surface area (Å²) < 4.78 is 13.1. The van der Waals surface area contributed by atoms with Crippen molar-refractivity contribution in [2.45, 2.75) is 31.7 Å². The maximum Gasteiger partial charge on any atom is 0.189 e. The number of hydrogen-bond acceptors (Lipinski definition) is 7. The van der Waals surface area contributed by atoms with E-state index in [1.165, 1.54) is 25.9 Å². The average molecular weight is 360 g/mol. The molecular weight excluding hydrogens is 336 g/mol. The predicted molar refractivity (Wildman–Crippen MR) is 99.1 cm³/mol. The Morgan fingerprint density at radius 3 is 2.92 bits per heavy atom. The molecule has 6 rings (SSSR count). The Bertz CT molecular complexity index is 788. The van der Waals surface area contributed by atoms with Crippen molar-refractivity contribution in [2.24, 2.45) is 11.7 Å². The number of rotatable bonds is 3. The zero-order valence-electron chi connectivity index (χ0n) is 14.5. The molecule has 4 aliphatic rings. The number of ether oxygens (including phenoxy) is 2. The van der Waals surface area contributed by atoms with Crippen LogP contribution in [-0.4, -0.2) is 54.6 Å². The van der Waals surface area contributed by atoms with Crippen molar-refractivity contribution in [1.82, 2.24) is 9.88 Å². The molecule has 1 spiro atoms. The molecule has 2 aromatic rings. The van der Waals surface area contributed by atoms with E-state index in [1.54, 1.807) is 11.3 Å². The lowest BCUT2D eigenvalue weighted by molar-refractivity contribution is -0.137. The quantitative estimate of drug-likeness (QED) is 0.906. The largest absolute Gasteiger partial charge is 0.494 e. The van der Waals surface area contributed by atoms with Crippen LogP contribution >= 0.6 is 11.3 Å². The second-order valence-corrected chi connectivity index (χ2v) is 8.32. The van der Waals surface area contributed by atoms with Crippen LogP contribution in [0.15, 0.2) is 18.2 Å². The van der Waals surface area contributed by atoms with Gasteiger partial charge in [-0.15, -0.1) is 0 Å². The molecule has 4 aliphatic heterocycles. The topological polar surface area (TPSA) is 63.8 Å². The molecule has 4 saturated heterocycles. The summed E-state index contributed by atoms with van der Waals surface area (Å²) in [6, 6.07) is 6.06. The third-order valence-electron chi connectivity index (χ3n) is 5.83. The second-order valence-electron chi connectivity index (χ2n) is 7.31. The summed E-state index contributed by atoms with van der Waals surface area (Å²) in [5.74, 6) is 1.51. The predicted octanol–water partition coefficient (Wildman–Crippen LogP) is 2.24. The summed E-state index contributed by atoms with van der Waals surface area (Å²) in [5, 5.41) is 0.949. The smallest absolute Gasteiger partial charge is 0.189 e. The highest BCUT2D eigenvalue weighted by Gasteiger charge is 2.54. The van der Waals surface area contributed by atoms with Gasteiger partial charge in [-0.1, -0.05) is 11.3 Å². The van der Waals surface area contributed by atoms with E-state index in [2.05, 4.69) is 15.9 Å². The summed E-state index contributed by atoms with van der Waals surface area (Å²) in [6.07, 6.45) is 2.03. The highest BCUT2D eigenvalue weighted by molar-refractivity contribution is 7.22. The standard InChI is InChI=1S/C18H24N4O2S/c1-2-23-13-3-4-14-15(9-13)25-17(20-14)22-11-18(24-16(22)19)10-21-7-5-12(18)6-8-21/h3-4,9,12,16H,2,5-8,10-11,19H2,1H3. The van der Waals surface area contributed by atoms with E-state index >= 15 is 0 Å². The third-order valence-corrected chi connectivity index (χ3v) is 6.88. The van der Waals surface area contributed by atoms with Crippen LogP contribution in [0.4, 0.5) is 5.13 Å². The van der Waals surface area contributed by atoms with Gasteiger partial charge in [0, 0.05) is 6.54 Å². The van der Waals surface area contributed by atoms with E-state index in [-0.39, 0.29) is 5.60 Å². The normalized spacial score (nSPS) is 34.3. The fraction of sp³-hybridized carbons (Fsp3) is 0.611. The summed E-state index contributed by atoms with van der Waals surface area (Å²) in [5.41, 5.74) is 7.25. The number of nitrogens with two attached hydrogens (primary N) is 1. The van der Waals surface area contributed by atoms with E-state index in [9.17, 15) is 0 Å². The van der Waals surface area contributed by atoms with Crippen molar-refractivity contribution in [3.63, 3.8) is 0 Å². The van der Waals surface area contributed by atoms with E-state index in [0.717, 1.165) is 34.2 Å². The van der Waals surface area contributed by atoms with E-state index in [1.807, 2.05) is 19.1 Å². The molecule has 0 saturated carbocycles. The summed E-state index contributed by atoms with van der Waals surface area (Å²) in [7, 11) is 0. The highest BCUT2D eigenvalue weighted by atomic mass is 32.1. The van der Waals surface area contributed by atoms with Crippen LogP contribution in [0.2, 0.25) is 0 Å². The van der Waals surface area contributed by atoms with Crippen molar-refractivity contribution in [3.8, 4) is 5.75 Å². The molecule has 25 heavy (non-hydrogen) atoms. The van der Waals surface area contributed by atoms with Gasteiger partial charge in [0.1, 0.15) is 11.4 Å². The highest BCUT2D eigenvalue weighted by Crippen LogP contribution is 2.44. The monoisotopic (exact) mass is 360 g/mol. The Morgan fingerprint density at radius 2 is 2.20 bits per heavy atom. The fourth-order valence-corrected chi connectivity index (χ4v) is 5.63. The molecule has 0 amide bonds. The van der Waals surface area contributed by atoms with Gasteiger partial charge in [-0.3, -0.25) is 5.73 Å². The van der Waals surface area contributed by atoms with Gasteiger partial charge in [0.05, 0.1) is 23.4 Å². The zero-order valence-corrected chi connectivity index (χ0v) is 15.3. The molecule has 1 aromatic heterocycles. The lowest BCUT2D eigenvalue weighted by atomic mass is 9.75. The Balaban J connectivity index is 1.44. The number of piperidine rings is 3. The first-order valence-electron chi connectivity index (χ1n) is 9.13. The number of thiazole rings is 1. The third kappa shape index (κ3) is 2.52. The Morgan fingerprint density at radius 1 is 1.36 bits per heavy atom. The van der Waals surface area contributed by atoms with Gasteiger partial charge in [0.25, 0.3) is 0 Å². The summed E-state index contributed by atoms with van der Waals surface area (Å²) in [6.45, 7) is 6.91. The van der Waals surface area contributed by atoms with Gasteiger partial charge in [-0.05, 0) is 57.0 Å². The van der Waals surface area contributed by atoms with Crippen LogP contribution in [-0.2, 0) is 4.74 Å². The van der Waals surface area contributed by atoms with Crippen molar-refractivity contribution in [1.29, 1.82) is 0 Å². The molecule has 6 nitrogen and oxygen atoms in total. The number of fused-ring (bicyclic) bond motifs is 3. The molecular formula is C18H24N4O2S. The molecule has 0 aliphatic carbocycles. The van der Waals surface area contributed by atoms with Crippen LogP contribution in [0, 0.1) is 5.92 Å². The van der Waals surface area contributed by atoms with E-state index in [0.29, 0.717) is 12.5 Å². The molecule has 1 aromatic carbocycles. The Labute approximate surface area is 151 Å². The first-order valence-corrected chi connectivity index (χ1v) is 9.94. The van der Waals surface area contributed by atoms with Gasteiger partial charge >= 0.3 is 0 Å². The van der Waals surface area contributed by atoms with Gasteiger partial charge < -0.3 is 19.3 Å². The van der Waals surface area contributed by atoms with Gasteiger partial charge in [0.15, 0.2) is 11.5 Å². The van der Waals surface area contributed by atoms with Crippen LogP contribution in [0.1, 0.15) is 19.8 Å². The minimum Gasteiger partial charge on any atom is -0.494 e. The van der Waals surface area contributed by atoms with Crippen molar-refractivity contribution in [3.05, 3.63) is 18.2 Å². The average Bonchev–Trinajstić information content (AvgIpc) is 3.17. The summed E-state index contributed by atoms with van der Waals surface area (Å²) >= 11 is 1.67. The van der Waals surface area contributed by atoms with Crippen molar-refractivity contribution < 1.29 is 9.47 Å². The van der Waals surface area contributed by atoms with E-state index in [4.69, 9.17) is 20.2 Å². The maximum atomic E-state index is 6.37. The summed E-state index contributed by atoms with van der Waals surface area (Å²) in [4.78, 5) is 9.46. The van der Waals surface area contributed by atoms with Crippen LogP contribution in [0.5, 0.6) is 5.75 Å². The van der Waals surface area contributed by atoms with Crippen LogP contribution in [0.25, 0.3) is 10.2 Å². The molecule has 2 N–H and O–H groups in total. The first-order chi connectivity index (χ1) is 12.2. The minimum absolute atomic E-state index is 0.121. The van der Waals surface area contributed by atoms with Gasteiger partial charge in [-0.25, -0.2) is 4.98 Å². The van der Waals surface area contributed by atoms with Crippen LogP contribution in [0.3, 0.4) is 0 Å². The molecule has 7 heteroatoms. The van der Waals surface area contributed by atoms with Gasteiger partial charge in [-0.2, -0.15) is 0 Å². The Kier molecular flexibility index (Phi) is 3.67. The lowest BCUT2D eigenvalue weighted by Crippen LogP contribution is -2.61. The molecule has 0 radical (unpaired) electrons.